The van der Waals surface area contributed by atoms with E-state index in [4.69, 9.17) is 4.42 Å². The summed E-state index contributed by atoms with van der Waals surface area (Å²) in [5.41, 5.74) is 0.541. The normalized spacial score (nSPS) is 24.2. The van der Waals surface area contributed by atoms with Gasteiger partial charge in [-0.2, -0.15) is 0 Å². The van der Waals surface area contributed by atoms with Gasteiger partial charge in [0.05, 0.1) is 17.4 Å². The minimum Gasteiger partial charge on any atom is -0.472 e. The van der Waals surface area contributed by atoms with Gasteiger partial charge in [0.2, 0.25) is 0 Å². The molecule has 1 aliphatic carbocycles. The van der Waals surface area contributed by atoms with Crippen LogP contribution in [0.5, 0.6) is 0 Å². The fourth-order valence-corrected chi connectivity index (χ4v) is 3.45. The third kappa shape index (κ3) is 1.73. The van der Waals surface area contributed by atoms with E-state index in [1.807, 2.05) is 0 Å². The molecule has 17 heavy (non-hydrogen) atoms. The summed E-state index contributed by atoms with van der Waals surface area (Å²) in [6.45, 7) is 2.17. The van der Waals surface area contributed by atoms with E-state index in [1.165, 1.54) is 25.7 Å². The first-order chi connectivity index (χ1) is 8.33. The molecule has 3 rings (SSSR count). The molecule has 1 aliphatic heterocycles. The lowest BCUT2D eigenvalue weighted by molar-refractivity contribution is 0.0626. The van der Waals surface area contributed by atoms with Crippen molar-refractivity contribution in [2.45, 2.75) is 44.1 Å². The lowest BCUT2D eigenvalue weighted by Gasteiger charge is -2.37. The zero-order valence-corrected chi connectivity index (χ0v) is 10.2. The number of rotatable bonds is 3. The van der Waals surface area contributed by atoms with Crippen LogP contribution in [0.2, 0.25) is 0 Å². The Morgan fingerprint density at radius 3 is 2.47 bits per heavy atom. The molecule has 0 unspecified atom stereocenters. The van der Waals surface area contributed by atoms with Gasteiger partial charge in [0, 0.05) is 0 Å². The van der Waals surface area contributed by atoms with Crippen LogP contribution >= 0.6 is 0 Å². The van der Waals surface area contributed by atoms with E-state index in [1.54, 1.807) is 18.6 Å². The zero-order valence-electron chi connectivity index (χ0n) is 10.2. The van der Waals surface area contributed by atoms with Crippen molar-refractivity contribution in [3.8, 4) is 0 Å². The summed E-state index contributed by atoms with van der Waals surface area (Å²) >= 11 is 0. The molecule has 1 saturated heterocycles. The smallest absolute Gasteiger partial charge is 0.186 e. The Morgan fingerprint density at radius 2 is 1.88 bits per heavy atom. The van der Waals surface area contributed by atoms with Gasteiger partial charge in [-0.15, -0.1) is 0 Å². The fraction of sp³-hybridized carbons (Fsp3) is 0.643. The molecule has 1 aromatic rings. The number of nitrogens with zero attached hydrogens (tertiary/aromatic N) is 1. The third-order valence-corrected chi connectivity index (χ3v) is 4.35. The van der Waals surface area contributed by atoms with Crippen LogP contribution < -0.4 is 0 Å². The molecule has 0 aromatic carbocycles. The summed E-state index contributed by atoms with van der Waals surface area (Å²) in [7, 11) is 0. The van der Waals surface area contributed by atoms with Crippen LogP contribution in [0.4, 0.5) is 0 Å². The molecule has 3 nitrogen and oxygen atoms in total. The van der Waals surface area contributed by atoms with E-state index < -0.39 is 0 Å². The molecular formula is C14H19NO2. The number of furan rings is 1. The number of hydrogen-bond donors (Lipinski definition) is 0. The highest BCUT2D eigenvalue weighted by Gasteiger charge is 2.47. The lowest BCUT2D eigenvalue weighted by atomic mass is 9.87. The Bertz CT molecular complexity index is 384. The molecule has 0 N–H and O–H groups in total. The van der Waals surface area contributed by atoms with Crippen molar-refractivity contribution < 1.29 is 9.21 Å². The summed E-state index contributed by atoms with van der Waals surface area (Å²) in [5.74, 6) is 0.283. The van der Waals surface area contributed by atoms with Crippen molar-refractivity contribution >= 4 is 5.78 Å². The first-order valence-electron chi connectivity index (χ1n) is 6.65. The average Bonchev–Trinajstić information content (AvgIpc) is 3.10. The first-order valence-corrected chi connectivity index (χ1v) is 6.65. The predicted octanol–water partition coefficient (Wildman–Crippen LogP) is 2.87. The van der Waals surface area contributed by atoms with E-state index in [2.05, 4.69) is 4.90 Å². The van der Waals surface area contributed by atoms with Crippen molar-refractivity contribution in [1.29, 1.82) is 0 Å². The third-order valence-electron chi connectivity index (χ3n) is 4.35. The molecule has 2 fully saturated rings. The molecule has 0 bridgehead atoms. The minimum absolute atomic E-state index is 0.208. The van der Waals surface area contributed by atoms with Gasteiger partial charge in [0.1, 0.15) is 6.26 Å². The van der Waals surface area contributed by atoms with Crippen LogP contribution in [0.25, 0.3) is 0 Å². The number of carbonyl (C=O) groups excluding carboxylic acids is 1. The summed E-state index contributed by atoms with van der Waals surface area (Å²) in [6.07, 6.45) is 10.1. The monoisotopic (exact) mass is 233 g/mol. The zero-order chi connectivity index (χ0) is 11.7. The van der Waals surface area contributed by atoms with Crippen molar-refractivity contribution in [2.24, 2.45) is 0 Å². The highest BCUT2D eigenvalue weighted by Crippen LogP contribution is 2.39. The van der Waals surface area contributed by atoms with Gasteiger partial charge in [0.15, 0.2) is 5.78 Å². The van der Waals surface area contributed by atoms with Gasteiger partial charge in [-0.3, -0.25) is 9.69 Å². The van der Waals surface area contributed by atoms with Gasteiger partial charge < -0.3 is 4.42 Å². The second kappa shape index (κ2) is 4.30. The van der Waals surface area contributed by atoms with E-state index in [9.17, 15) is 4.79 Å². The highest BCUT2D eigenvalue weighted by molar-refractivity contribution is 6.03. The second-order valence-corrected chi connectivity index (χ2v) is 5.27. The van der Waals surface area contributed by atoms with E-state index in [-0.39, 0.29) is 11.3 Å². The Labute approximate surface area is 102 Å². The van der Waals surface area contributed by atoms with Gasteiger partial charge in [0.25, 0.3) is 0 Å². The number of likely N-dealkylation sites (tertiary alicyclic amines) is 1. The lowest BCUT2D eigenvalue weighted by Crippen LogP contribution is -2.51. The van der Waals surface area contributed by atoms with Crippen LogP contribution in [-0.4, -0.2) is 29.3 Å². The van der Waals surface area contributed by atoms with Gasteiger partial charge >= 0.3 is 0 Å². The quantitative estimate of drug-likeness (QED) is 0.753. The number of carbonyl (C=O) groups is 1. The van der Waals surface area contributed by atoms with E-state index in [0.717, 1.165) is 31.5 Å². The molecule has 0 atom stereocenters. The maximum absolute atomic E-state index is 12.7. The van der Waals surface area contributed by atoms with Crippen LogP contribution in [0, 0.1) is 0 Å². The summed E-state index contributed by atoms with van der Waals surface area (Å²) in [5, 5.41) is 0. The standard InChI is InChI=1S/C14H19NO2/c16-13(12-5-10-17-11-12)14(6-1-2-7-14)15-8-3-4-9-15/h5,10-11H,1-4,6-9H2. The molecule has 2 aliphatic rings. The van der Waals surface area contributed by atoms with Gasteiger partial charge in [-0.1, -0.05) is 12.8 Å². The number of Topliss-reactive ketones (excluding diaryl/α,β-unsaturated/α-hetero) is 1. The highest BCUT2D eigenvalue weighted by atomic mass is 16.3. The Balaban J connectivity index is 1.91. The largest absolute Gasteiger partial charge is 0.472 e. The number of ketones is 1. The first kappa shape index (κ1) is 11.0. The van der Waals surface area contributed by atoms with Crippen molar-refractivity contribution in [1.82, 2.24) is 4.90 Å². The molecule has 92 valence electrons. The van der Waals surface area contributed by atoms with Crippen LogP contribution in [0.3, 0.4) is 0 Å². The minimum atomic E-state index is -0.208. The topological polar surface area (TPSA) is 33.5 Å². The van der Waals surface area contributed by atoms with Crippen molar-refractivity contribution in [3.05, 3.63) is 24.2 Å². The van der Waals surface area contributed by atoms with Crippen LogP contribution in [-0.2, 0) is 0 Å². The van der Waals surface area contributed by atoms with Gasteiger partial charge in [-0.05, 0) is 44.8 Å². The molecule has 3 heteroatoms. The average molecular weight is 233 g/mol. The Morgan fingerprint density at radius 1 is 1.18 bits per heavy atom. The Kier molecular flexibility index (Phi) is 2.79. The fourth-order valence-electron chi connectivity index (χ4n) is 3.45. The molecular weight excluding hydrogens is 214 g/mol. The molecule has 1 aromatic heterocycles. The Hall–Kier alpha value is -1.09. The van der Waals surface area contributed by atoms with Crippen LogP contribution in [0.1, 0.15) is 48.9 Å². The molecule has 0 spiro atoms. The van der Waals surface area contributed by atoms with E-state index >= 15 is 0 Å². The summed E-state index contributed by atoms with van der Waals surface area (Å²) < 4.78 is 5.06. The molecule has 0 radical (unpaired) electrons. The maximum atomic E-state index is 12.7. The number of hydrogen-bond acceptors (Lipinski definition) is 3. The summed E-state index contributed by atoms with van der Waals surface area (Å²) in [6, 6.07) is 1.80. The molecule has 0 amide bonds. The predicted molar refractivity (Wildman–Crippen MR) is 65.0 cm³/mol. The second-order valence-electron chi connectivity index (χ2n) is 5.27. The van der Waals surface area contributed by atoms with Gasteiger partial charge in [-0.25, -0.2) is 0 Å². The van der Waals surface area contributed by atoms with Crippen LogP contribution in [0.15, 0.2) is 23.0 Å². The van der Waals surface area contributed by atoms with E-state index in [0.29, 0.717) is 0 Å². The van der Waals surface area contributed by atoms with Crippen molar-refractivity contribution in [2.75, 3.05) is 13.1 Å². The molecule has 2 heterocycles. The SMILES string of the molecule is O=C(c1ccoc1)C1(N2CCCC2)CCCC1. The summed E-state index contributed by atoms with van der Waals surface area (Å²) in [4.78, 5) is 15.1. The maximum Gasteiger partial charge on any atom is 0.186 e. The van der Waals surface area contributed by atoms with Crippen molar-refractivity contribution in [3.63, 3.8) is 0 Å². The molecule has 1 saturated carbocycles.